The number of sulfonamides is 1. The summed E-state index contributed by atoms with van der Waals surface area (Å²) < 4.78 is 31.7. The Morgan fingerprint density at radius 1 is 1.20 bits per heavy atom. The molecule has 7 heteroatoms. The van der Waals surface area contributed by atoms with Gasteiger partial charge in [-0.15, -0.1) is 12.4 Å². The highest BCUT2D eigenvalue weighted by Gasteiger charge is 2.13. The molecule has 0 unspecified atom stereocenters. The first kappa shape index (κ1) is 19.3. The first-order chi connectivity index (χ1) is 9.10. The van der Waals surface area contributed by atoms with Crippen LogP contribution in [0.5, 0.6) is 0 Å². The molecule has 0 aliphatic carbocycles. The van der Waals surface area contributed by atoms with Gasteiger partial charge in [-0.2, -0.15) is 0 Å². The smallest absolute Gasteiger partial charge is 0.240 e. The summed E-state index contributed by atoms with van der Waals surface area (Å²) in [5.41, 5.74) is 0.842. The van der Waals surface area contributed by atoms with E-state index in [2.05, 4.69) is 17.0 Å². The first-order valence-electron chi connectivity index (χ1n) is 6.38. The summed E-state index contributed by atoms with van der Waals surface area (Å²) in [6, 6.07) is 6.77. The summed E-state index contributed by atoms with van der Waals surface area (Å²) in [7, 11) is -1.85. The number of halogens is 1. The van der Waals surface area contributed by atoms with Gasteiger partial charge in [0.05, 0.1) is 11.5 Å². The zero-order chi connectivity index (χ0) is 14.1. The summed E-state index contributed by atoms with van der Waals surface area (Å²) in [6.45, 7) is 4.38. The third-order valence-corrected chi connectivity index (χ3v) is 4.00. The molecule has 0 radical (unpaired) electrons. The molecule has 0 fully saturated rings. The van der Waals surface area contributed by atoms with Gasteiger partial charge in [-0.25, -0.2) is 13.1 Å². The summed E-state index contributed by atoms with van der Waals surface area (Å²) in [6.07, 6.45) is 1.03. The van der Waals surface area contributed by atoms with Crippen LogP contribution in [0.15, 0.2) is 29.2 Å². The van der Waals surface area contributed by atoms with Gasteiger partial charge in [0.1, 0.15) is 0 Å². The molecule has 0 bridgehead atoms. The van der Waals surface area contributed by atoms with Gasteiger partial charge in [-0.1, -0.05) is 19.1 Å². The van der Waals surface area contributed by atoms with Gasteiger partial charge in [-0.3, -0.25) is 0 Å². The zero-order valence-electron chi connectivity index (χ0n) is 11.9. The Kier molecular flexibility index (Phi) is 9.79. The molecule has 0 aliphatic rings. The van der Waals surface area contributed by atoms with Crippen molar-refractivity contribution in [1.82, 2.24) is 10.0 Å². The minimum Gasteiger partial charge on any atom is -0.380 e. The largest absolute Gasteiger partial charge is 0.380 e. The molecule has 0 saturated heterocycles. The molecule has 0 heterocycles. The molecule has 1 rings (SSSR count). The number of methoxy groups -OCH3 is 1. The number of hydrogen-bond donors (Lipinski definition) is 2. The van der Waals surface area contributed by atoms with E-state index in [0.717, 1.165) is 18.5 Å². The molecule has 1 aromatic rings. The second-order valence-electron chi connectivity index (χ2n) is 4.23. The minimum atomic E-state index is -3.43. The minimum absolute atomic E-state index is 0. The Hall–Kier alpha value is -0.660. The number of ether oxygens (including phenoxy) is 1. The van der Waals surface area contributed by atoms with Gasteiger partial charge in [0, 0.05) is 20.2 Å². The van der Waals surface area contributed by atoms with Gasteiger partial charge < -0.3 is 10.1 Å². The Morgan fingerprint density at radius 2 is 1.95 bits per heavy atom. The Labute approximate surface area is 127 Å². The van der Waals surface area contributed by atoms with E-state index in [9.17, 15) is 8.42 Å². The SMILES string of the molecule is CCCNCCNS(=O)(=O)c1cccc(COC)c1.Cl. The van der Waals surface area contributed by atoms with Crippen molar-refractivity contribution in [3.63, 3.8) is 0 Å². The van der Waals surface area contributed by atoms with E-state index in [1.54, 1.807) is 25.3 Å². The van der Waals surface area contributed by atoms with Crippen molar-refractivity contribution in [2.45, 2.75) is 24.8 Å². The Bertz CT molecular complexity index is 480. The standard InChI is InChI=1S/C13H22N2O3S.ClH/c1-3-7-14-8-9-15-19(16,17)13-6-4-5-12(10-13)11-18-2;/h4-6,10,14-15H,3,7-9,11H2,1-2H3;1H. The zero-order valence-corrected chi connectivity index (χ0v) is 13.5. The van der Waals surface area contributed by atoms with Crippen LogP contribution in [0.3, 0.4) is 0 Å². The molecule has 20 heavy (non-hydrogen) atoms. The predicted octanol–water partition coefficient (Wildman–Crippen LogP) is 1.53. The fraction of sp³-hybridized carbons (Fsp3) is 0.538. The van der Waals surface area contributed by atoms with Crippen LogP contribution in [0.4, 0.5) is 0 Å². The summed E-state index contributed by atoms with van der Waals surface area (Å²) in [5, 5.41) is 3.14. The normalized spacial score (nSPS) is 11.1. The van der Waals surface area contributed by atoms with E-state index < -0.39 is 10.0 Å². The van der Waals surface area contributed by atoms with E-state index in [-0.39, 0.29) is 17.3 Å². The Morgan fingerprint density at radius 3 is 2.60 bits per heavy atom. The van der Waals surface area contributed by atoms with Crippen molar-refractivity contribution >= 4 is 22.4 Å². The van der Waals surface area contributed by atoms with Crippen molar-refractivity contribution < 1.29 is 13.2 Å². The topological polar surface area (TPSA) is 67.4 Å². The second kappa shape index (κ2) is 10.1. The maximum absolute atomic E-state index is 12.0. The van der Waals surface area contributed by atoms with Crippen LogP contribution in [0, 0.1) is 0 Å². The molecule has 0 aliphatic heterocycles. The van der Waals surface area contributed by atoms with Crippen molar-refractivity contribution in [3.05, 3.63) is 29.8 Å². The molecular weight excluding hydrogens is 300 g/mol. The molecular formula is C13H23ClN2O3S. The molecule has 0 aromatic heterocycles. The van der Waals surface area contributed by atoms with E-state index in [4.69, 9.17) is 4.74 Å². The van der Waals surface area contributed by atoms with Crippen LogP contribution in [-0.4, -0.2) is 35.2 Å². The maximum Gasteiger partial charge on any atom is 0.240 e. The van der Waals surface area contributed by atoms with E-state index in [1.807, 2.05) is 6.07 Å². The van der Waals surface area contributed by atoms with Crippen LogP contribution in [0.2, 0.25) is 0 Å². The number of hydrogen-bond acceptors (Lipinski definition) is 4. The number of nitrogens with one attached hydrogen (secondary N) is 2. The Balaban J connectivity index is 0.00000361. The van der Waals surface area contributed by atoms with E-state index in [1.165, 1.54) is 0 Å². The molecule has 0 spiro atoms. The first-order valence-corrected chi connectivity index (χ1v) is 7.86. The van der Waals surface area contributed by atoms with Crippen molar-refractivity contribution in [2.75, 3.05) is 26.7 Å². The predicted molar refractivity (Wildman–Crippen MR) is 82.8 cm³/mol. The van der Waals surface area contributed by atoms with Gasteiger partial charge in [0.25, 0.3) is 0 Å². The lowest BCUT2D eigenvalue weighted by Crippen LogP contribution is -2.32. The fourth-order valence-electron chi connectivity index (χ4n) is 1.63. The highest BCUT2D eigenvalue weighted by atomic mass is 35.5. The third kappa shape index (κ3) is 6.67. The lowest BCUT2D eigenvalue weighted by atomic mass is 10.2. The molecule has 1 aromatic carbocycles. The maximum atomic E-state index is 12.0. The molecule has 5 nitrogen and oxygen atoms in total. The van der Waals surface area contributed by atoms with Gasteiger partial charge in [0.15, 0.2) is 0 Å². The number of rotatable bonds is 9. The van der Waals surface area contributed by atoms with Gasteiger partial charge >= 0.3 is 0 Å². The lowest BCUT2D eigenvalue weighted by Gasteiger charge is -2.08. The van der Waals surface area contributed by atoms with Gasteiger partial charge in [0.2, 0.25) is 10.0 Å². The molecule has 0 amide bonds. The van der Waals surface area contributed by atoms with Crippen molar-refractivity contribution in [1.29, 1.82) is 0 Å². The lowest BCUT2D eigenvalue weighted by molar-refractivity contribution is 0.184. The van der Waals surface area contributed by atoms with E-state index in [0.29, 0.717) is 19.7 Å². The quantitative estimate of drug-likeness (QED) is 0.677. The van der Waals surface area contributed by atoms with E-state index >= 15 is 0 Å². The fourth-order valence-corrected chi connectivity index (χ4v) is 2.73. The summed E-state index contributed by atoms with van der Waals surface area (Å²) in [5.74, 6) is 0. The van der Waals surface area contributed by atoms with Crippen LogP contribution in [0.25, 0.3) is 0 Å². The monoisotopic (exact) mass is 322 g/mol. The van der Waals surface area contributed by atoms with Crippen LogP contribution < -0.4 is 10.0 Å². The molecule has 0 saturated carbocycles. The summed E-state index contributed by atoms with van der Waals surface area (Å²) >= 11 is 0. The van der Waals surface area contributed by atoms with Crippen molar-refractivity contribution in [2.24, 2.45) is 0 Å². The molecule has 2 N–H and O–H groups in total. The average Bonchev–Trinajstić information content (AvgIpc) is 2.39. The van der Waals surface area contributed by atoms with Crippen LogP contribution in [0.1, 0.15) is 18.9 Å². The molecule has 0 atom stereocenters. The summed E-state index contributed by atoms with van der Waals surface area (Å²) in [4.78, 5) is 0.276. The van der Waals surface area contributed by atoms with Crippen molar-refractivity contribution in [3.8, 4) is 0 Å². The highest BCUT2D eigenvalue weighted by Crippen LogP contribution is 2.11. The molecule has 116 valence electrons. The number of benzene rings is 1. The second-order valence-corrected chi connectivity index (χ2v) is 6.00. The average molecular weight is 323 g/mol. The van der Waals surface area contributed by atoms with Crippen LogP contribution >= 0.6 is 12.4 Å². The highest BCUT2D eigenvalue weighted by molar-refractivity contribution is 7.89. The third-order valence-electron chi connectivity index (χ3n) is 2.54. The van der Waals surface area contributed by atoms with Crippen LogP contribution in [-0.2, 0) is 21.4 Å². The van der Waals surface area contributed by atoms with Gasteiger partial charge in [-0.05, 0) is 30.7 Å².